The molecule has 1 aliphatic carbocycles. The summed E-state index contributed by atoms with van der Waals surface area (Å²) in [5.41, 5.74) is 1.03. The van der Waals surface area contributed by atoms with Crippen molar-refractivity contribution in [1.29, 1.82) is 0 Å². The molecule has 2 fully saturated rings. The second-order valence-electron chi connectivity index (χ2n) is 6.94. The van der Waals surface area contributed by atoms with Crippen molar-refractivity contribution in [2.24, 2.45) is 5.92 Å². The third kappa shape index (κ3) is 4.39. The zero-order valence-electron chi connectivity index (χ0n) is 13.9. The van der Waals surface area contributed by atoms with Crippen molar-refractivity contribution in [3.05, 3.63) is 36.2 Å². The molecule has 0 aromatic carbocycles. The highest BCUT2D eigenvalue weighted by molar-refractivity contribution is 5.65. The minimum atomic E-state index is -0.863. The molecule has 0 bridgehead atoms. The van der Waals surface area contributed by atoms with Gasteiger partial charge in [0.15, 0.2) is 0 Å². The third-order valence-corrected chi connectivity index (χ3v) is 5.14. The number of hydrogen-bond donors (Lipinski definition) is 4. The lowest BCUT2D eigenvalue weighted by Crippen LogP contribution is -2.56. The highest BCUT2D eigenvalue weighted by atomic mass is 16.4. The van der Waals surface area contributed by atoms with Crippen LogP contribution in [-0.2, 0) is 0 Å². The number of nitrogens with zero attached hydrogens (tertiary/aromatic N) is 1. The van der Waals surface area contributed by atoms with E-state index in [9.17, 15) is 15.0 Å². The Hall–Kier alpha value is -1.79. The quantitative estimate of drug-likeness (QED) is 0.636. The molecule has 3 aliphatic rings. The van der Waals surface area contributed by atoms with Gasteiger partial charge in [-0.3, -0.25) is 10.2 Å². The molecule has 2 atom stereocenters. The number of aliphatic hydroxyl groups is 1. The summed E-state index contributed by atoms with van der Waals surface area (Å²) >= 11 is 0. The van der Waals surface area contributed by atoms with Gasteiger partial charge in [-0.05, 0) is 56.6 Å². The minimum Gasteiger partial charge on any atom is -0.465 e. The number of dihydropyridines is 1. The van der Waals surface area contributed by atoms with Crippen LogP contribution in [0.3, 0.4) is 0 Å². The Morgan fingerprint density at radius 1 is 1.21 bits per heavy atom. The van der Waals surface area contributed by atoms with Gasteiger partial charge in [-0.15, -0.1) is 0 Å². The van der Waals surface area contributed by atoms with Gasteiger partial charge in [0.25, 0.3) is 0 Å². The minimum absolute atomic E-state index is 0.118. The summed E-state index contributed by atoms with van der Waals surface area (Å²) in [6.45, 7) is 0.519. The van der Waals surface area contributed by atoms with Crippen molar-refractivity contribution in [3.8, 4) is 0 Å². The van der Waals surface area contributed by atoms with Gasteiger partial charge in [-0.1, -0.05) is 12.2 Å². The van der Waals surface area contributed by atoms with Crippen LogP contribution in [0.2, 0.25) is 0 Å². The fourth-order valence-corrected chi connectivity index (χ4v) is 3.80. The van der Waals surface area contributed by atoms with Crippen molar-refractivity contribution >= 4 is 6.09 Å². The van der Waals surface area contributed by atoms with Crippen LogP contribution in [-0.4, -0.2) is 46.1 Å². The molecule has 3 rings (SSSR count). The van der Waals surface area contributed by atoms with Crippen LogP contribution in [0.5, 0.6) is 0 Å². The van der Waals surface area contributed by atoms with E-state index in [1.807, 2.05) is 24.4 Å². The number of carbonyl (C=O) groups is 1. The lowest BCUT2D eigenvalue weighted by Gasteiger charge is -2.40. The number of nitrogens with one attached hydrogen (secondary N) is 2. The van der Waals surface area contributed by atoms with Crippen molar-refractivity contribution in [2.45, 2.75) is 56.8 Å². The topological polar surface area (TPSA) is 84.8 Å². The van der Waals surface area contributed by atoms with Crippen molar-refractivity contribution in [2.75, 3.05) is 6.54 Å². The van der Waals surface area contributed by atoms with Gasteiger partial charge in [-0.25, -0.2) is 4.79 Å². The molecule has 1 saturated carbocycles. The summed E-state index contributed by atoms with van der Waals surface area (Å²) in [6, 6.07) is 0.309. The Morgan fingerprint density at radius 2 is 2.00 bits per heavy atom. The number of rotatable bonds is 3. The molecule has 0 aromatic rings. The Kier molecular flexibility index (Phi) is 5.58. The molecule has 0 spiro atoms. The fraction of sp³-hybridized carbons (Fsp3) is 0.611. The van der Waals surface area contributed by atoms with Crippen LogP contribution < -0.4 is 10.6 Å². The molecule has 24 heavy (non-hydrogen) atoms. The van der Waals surface area contributed by atoms with Gasteiger partial charge >= 0.3 is 6.09 Å². The van der Waals surface area contributed by atoms with E-state index in [2.05, 4.69) is 16.7 Å². The maximum absolute atomic E-state index is 11.7. The maximum atomic E-state index is 11.7. The van der Waals surface area contributed by atoms with E-state index in [0.29, 0.717) is 12.6 Å². The average molecular weight is 333 g/mol. The van der Waals surface area contributed by atoms with E-state index in [-0.39, 0.29) is 18.2 Å². The monoisotopic (exact) mass is 333 g/mol. The first-order valence-electron chi connectivity index (χ1n) is 8.87. The smallest absolute Gasteiger partial charge is 0.408 e. The highest BCUT2D eigenvalue weighted by Gasteiger charge is 2.33. The molecule has 2 unspecified atom stereocenters. The van der Waals surface area contributed by atoms with Crippen molar-refractivity contribution < 1.29 is 15.0 Å². The van der Waals surface area contributed by atoms with Crippen LogP contribution in [0.25, 0.3) is 0 Å². The van der Waals surface area contributed by atoms with Crippen LogP contribution in [0.4, 0.5) is 4.79 Å². The summed E-state index contributed by atoms with van der Waals surface area (Å²) in [4.78, 5) is 13.2. The summed E-state index contributed by atoms with van der Waals surface area (Å²) in [5, 5.41) is 25.9. The first kappa shape index (κ1) is 17.0. The van der Waals surface area contributed by atoms with Crippen molar-refractivity contribution in [1.82, 2.24) is 15.5 Å². The van der Waals surface area contributed by atoms with Crippen LogP contribution in [0.1, 0.15) is 38.5 Å². The second kappa shape index (κ2) is 7.85. The predicted molar refractivity (Wildman–Crippen MR) is 92.1 cm³/mol. The van der Waals surface area contributed by atoms with E-state index < -0.39 is 6.09 Å². The van der Waals surface area contributed by atoms with Gasteiger partial charge in [-0.2, -0.15) is 0 Å². The third-order valence-electron chi connectivity index (χ3n) is 5.14. The zero-order chi connectivity index (χ0) is 16.9. The maximum Gasteiger partial charge on any atom is 0.408 e. The molecule has 2 aliphatic heterocycles. The SMILES string of the molecule is O=C(O)N1CC(C=C2C=CC=CN2)CCC1NC1CCC(O)CC1. The van der Waals surface area contributed by atoms with Gasteiger partial charge < -0.3 is 15.5 Å². The number of amides is 1. The normalized spacial score (nSPS) is 35.0. The number of aliphatic hydroxyl groups excluding tert-OH is 1. The molecule has 6 heteroatoms. The van der Waals surface area contributed by atoms with Crippen LogP contribution >= 0.6 is 0 Å². The number of piperidine rings is 1. The summed E-state index contributed by atoms with van der Waals surface area (Å²) in [6.07, 6.45) is 14.0. The molecule has 132 valence electrons. The van der Waals surface area contributed by atoms with E-state index in [4.69, 9.17) is 0 Å². The van der Waals surface area contributed by atoms with Gasteiger partial charge in [0.2, 0.25) is 0 Å². The fourth-order valence-electron chi connectivity index (χ4n) is 3.80. The molecule has 4 N–H and O–H groups in total. The van der Waals surface area contributed by atoms with Crippen molar-refractivity contribution in [3.63, 3.8) is 0 Å². The molecule has 1 amide bonds. The molecule has 0 aromatic heterocycles. The molecule has 1 saturated heterocycles. The van der Waals surface area contributed by atoms with E-state index >= 15 is 0 Å². The second-order valence-corrected chi connectivity index (χ2v) is 6.94. The lowest BCUT2D eigenvalue weighted by molar-refractivity contribution is 0.0625. The molecular formula is C18H27N3O3. The number of likely N-dealkylation sites (tertiary alicyclic amines) is 1. The molecule has 2 heterocycles. The van der Waals surface area contributed by atoms with E-state index in [0.717, 1.165) is 44.2 Å². The predicted octanol–water partition coefficient (Wildman–Crippen LogP) is 2.15. The molecule has 6 nitrogen and oxygen atoms in total. The average Bonchev–Trinajstić information content (AvgIpc) is 2.59. The Morgan fingerprint density at radius 3 is 2.67 bits per heavy atom. The molecule has 0 radical (unpaired) electrons. The van der Waals surface area contributed by atoms with Gasteiger partial charge in [0.05, 0.1) is 12.3 Å². The zero-order valence-corrected chi connectivity index (χ0v) is 13.9. The van der Waals surface area contributed by atoms with Crippen LogP contribution in [0, 0.1) is 5.92 Å². The number of hydrogen-bond acceptors (Lipinski definition) is 4. The highest BCUT2D eigenvalue weighted by Crippen LogP contribution is 2.26. The number of allylic oxidation sites excluding steroid dienone is 3. The number of carboxylic acid groups (broad SMARTS) is 1. The first-order valence-corrected chi connectivity index (χ1v) is 8.87. The Balaban J connectivity index is 1.58. The van der Waals surface area contributed by atoms with E-state index in [1.165, 1.54) is 0 Å². The Labute approximate surface area is 142 Å². The van der Waals surface area contributed by atoms with Gasteiger partial charge in [0.1, 0.15) is 0 Å². The van der Waals surface area contributed by atoms with Gasteiger partial charge in [0, 0.05) is 24.5 Å². The summed E-state index contributed by atoms with van der Waals surface area (Å²) in [5.74, 6) is 0.228. The Bertz CT molecular complexity index is 536. The van der Waals surface area contributed by atoms with Crippen LogP contribution in [0.15, 0.2) is 36.2 Å². The largest absolute Gasteiger partial charge is 0.465 e. The first-order chi connectivity index (χ1) is 11.6. The van der Waals surface area contributed by atoms with E-state index in [1.54, 1.807) is 4.90 Å². The molecular weight excluding hydrogens is 306 g/mol. The summed E-state index contributed by atoms with van der Waals surface area (Å²) < 4.78 is 0. The summed E-state index contributed by atoms with van der Waals surface area (Å²) in [7, 11) is 0. The lowest BCUT2D eigenvalue weighted by atomic mass is 9.91. The standard InChI is InChI=1S/C18H27N3O3/c22-16-7-5-14(6-8-16)20-17-9-4-13(12-21(17)18(23)24)11-15-3-1-2-10-19-15/h1-3,10-11,13-14,16-17,19-20,22H,4-9,12H2,(H,23,24).